The fourth-order valence-corrected chi connectivity index (χ4v) is 6.32. The van der Waals surface area contributed by atoms with Crippen molar-refractivity contribution in [3.05, 3.63) is 95.6 Å². The quantitative estimate of drug-likeness (QED) is 0.585. The van der Waals surface area contributed by atoms with E-state index in [1.807, 2.05) is 36.4 Å². The van der Waals surface area contributed by atoms with Crippen LogP contribution in [0.1, 0.15) is 22.7 Å². The molecule has 0 atom stereocenters. The Balaban J connectivity index is 1.36. The summed E-state index contributed by atoms with van der Waals surface area (Å²) in [5.74, 6) is -0.0129. The minimum atomic E-state index is -3.62. The van der Waals surface area contributed by atoms with Crippen molar-refractivity contribution in [2.24, 2.45) is 0 Å². The number of rotatable bonds is 5. The number of anilines is 1. The molecule has 2 heterocycles. The Morgan fingerprint density at radius 1 is 0.788 bits per heavy atom. The van der Waals surface area contributed by atoms with E-state index in [1.165, 1.54) is 11.1 Å². The van der Waals surface area contributed by atoms with Gasteiger partial charge < -0.3 is 4.90 Å². The molecule has 1 saturated heterocycles. The number of amides is 1. The second-order valence-electron chi connectivity index (χ2n) is 8.58. The van der Waals surface area contributed by atoms with Crippen molar-refractivity contribution in [2.75, 3.05) is 38.1 Å². The van der Waals surface area contributed by atoms with Crippen molar-refractivity contribution in [2.45, 2.75) is 17.4 Å². The molecule has 1 fully saturated rings. The zero-order valence-corrected chi connectivity index (χ0v) is 19.4. The van der Waals surface area contributed by atoms with Crippen LogP contribution < -0.4 is 4.90 Å². The van der Waals surface area contributed by atoms with Gasteiger partial charge in [-0.1, -0.05) is 60.7 Å². The van der Waals surface area contributed by atoms with Crippen molar-refractivity contribution in [3.63, 3.8) is 0 Å². The fraction of sp³-hybridized carbons (Fsp3) is 0.269. The molecule has 0 saturated carbocycles. The zero-order valence-electron chi connectivity index (χ0n) is 18.6. The Morgan fingerprint density at radius 3 is 1.94 bits per heavy atom. The van der Waals surface area contributed by atoms with Gasteiger partial charge in [0.1, 0.15) is 0 Å². The highest BCUT2D eigenvalue weighted by Crippen LogP contribution is 2.33. The minimum absolute atomic E-state index is 0.0129. The van der Waals surface area contributed by atoms with E-state index in [2.05, 4.69) is 29.2 Å². The van der Waals surface area contributed by atoms with Gasteiger partial charge in [-0.2, -0.15) is 4.31 Å². The average Bonchev–Trinajstić information content (AvgIpc) is 3.14. The molecule has 5 rings (SSSR count). The molecule has 0 radical (unpaired) electrons. The standard InChI is InChI=1S/C26H27N3O3S/c1-27-24-13-12-23(18-22(24)19-25(27)30)33(31,32)29-16-14-28(15-17-29)26(20-8-4-2-5-9-20)21-10-6-3-7-11-21/h2-13,18,26H,14-17,19H2,1H3. The van der Waals surface area contributed by atoms with Crippen LogP contribution in [0, 0.1) is 0 Å². The summed E-state index contributed by atoms with van der Waals surface area (Å²) >= 11 is 0. The van der Waals surface area contributed by atoms with Crippen LogP contribution in [-0.4, -0.2) is 56.8 Å². The van der Waals surface area contributed by atoms with E-state index in [1.54, 1.807) is 34.5 Å². The number of hydrogen-bond donors (Lipinski definition) is 0. The first-order valence-corrected chi connectivity index (χ1v) is 12.6. The number of sulfonamides is 1. The van der Waals surface area contributed by atoms with E-state index in [0.29, 0.717) is 26.2 Å². The van der Waals surface area contributed by atoms with Gasteiger partial charge in [-0.05, 0) is 34.9 Å². The maximum Gasteiger partial charge on any atom is 0.243 e. The number of piperazine rings is 1. The van der Waals surface area contributed by atoms with Gasteiger partial charge in [0.25, 0.3) is 0 Å². The summed E-state index contributed by atoms with van der Waals surface area (Å²) in [6, 6.07) is 25.8. The topological polar surface area (TPSA) is 60.9 Å². The number of carbonyl (C=O) groups excluding carboxylic acids is 1. The van der Waals surface area contributed by atoms with Gasteiger partial charge >= 0.3 is 0 Å². The number of carbonyl (C=O) groups is 1. The summed E-state index contributed by atoms with van der Waals surface area (Å²) in [5, 5.41) is 0. The van der Waals surface area contributed by atoms with E-state index in [9.17, 15) is 13.2 Å². The Bertz CT molecular complexity index is 1210. The Morgan fingerprint density at radius 2 is 1.36 bits per heavy atom. The highest BCUT2D eigenvalue weighted by atomic mass is 32.2. The van der Waals surface area contributed by atoms with Crippen LogP contribution in [0.2, 0.25) is 0 Å². The van der Waals surface area contributed by atoms with Gasteiger partial charge in [0.05, 0.1) is 17.4 Å². The number of likely N-dealkylation sites (N-methyl/N-ethyl adjacent to an activating group) is 1. The Hall–Kier alpha value is -3.00. The molecule has 0 aromatic heterocycles. The van der Waals surface area contributed by atoms with Crippen LogP contribution in [0.15, 0.2) is 83.8 Å². The molecule has 170 valence electrons. The molecule has 1 amide bonds. The third-order valence-corrected chi connectivity index (χ3v) is 8.53. The van der Waals surface area contributed by atoms with Crippen LogP contribution >= 0.6 is 0 Å². The molecule has 0 N–H and O–H groups in total. The second kappa shape index (κ2) is 8.74. The number of hydrogen-bond acceptors (Lipinski definition) is 4. The molecule has 7 heteroatoms. The maximum atomic E-state index is 13.4. The molecule has 3 aromatic rings. The van der Waals surface area contributed by atoms with Crippen LogP contribution in [0.5, 0.6) is 0 Å². The van der Waals surface area contributed by atoms with Crippen molar-refractivity contribution in [1.82, 2.24) is 9.21 Å². The van der Waals surface area contributed by atoms with Crippen molar-refractivity contribution in [3.8, 4) is 0 Å². The van der Waals surface area contributed by atoms with E-state index >= 15 is 0 Å². The molecule has 2 aliphatic rings. The minimum Gasteiger partial charge on any atom is -0.315 e. The summed E-state index contributed by atoms with van der Waals surface area (Å²) in [6.45, 7) is 2.13. The molecule has 3 aromatic carbocycles. The smallest absolute Gasteiger partial charge is 0.243 e. The van der Waals surface area contributed by atoms with Gasteiger partial charge in [-0.3, -0.25) is 9.69 Å². The third-order valence-electron chi connectivity index (χ3n) is 6.63. The van der Waals surface area contributed by atoms with Crippen LogP contribution in [0.4, 0.5) is 5.69 Å². The largest absolute Gasteiger partial charge is 0.315 e. The highest BCUT2D eigenvalue weighted by molar-refractivity contribution is 7.89. The summed E-state index contributed by atoms with van der Waals surface area (Å²) in [6.07, 6.45) is 0.249. The normalized spacial score (nSPS) is 17.5. The van der Waals surface area contributed by atoms with Crippen LogP contribution in [0.25, 0.3) is 0 Å². The second-order valence-corrected chi connectivity index (χ2v) is 10.5. The monoisotopic (exact) mass is 461 g/mol. The van der Waals surface area contributed by atoms with Gasteiger partial charge in [-0.15, -0.1) is 0 Å². The average molecular weight is 462 g/mol. The molecular formula is C26H27N3O3S. The number of benzene rings is 3. The lowest BCUT2D eigenvalue weighted by atomic mass is 9.96. The molecule has 2 aliphatic heterocycles. The van der Waals surface area contributed by atoms with Crippen LogP contribution in [0.3, 0.4) is 0 Å². The molecular weight excluding hydrogens is 434 g/mol. The van der Waals surface area contributed by atoms with Crippen molar-refractivity contribution >= 4 is 21.6 Å². The van der Waals surface area contributed by atoms with Crippen LogP contribution in [-0.2, 0) is 21.2 Å². The molecule has 6 nitrogen and oxygen atoms in total. The lowest BCUT2D eigenvalue weighted by Crippen LogP contribution is -2.49. The SMILES string of the molecule is CN1C(=O)Cc2cc(S(=O)(=O)N3CCN(C(c4ccccc4)c4ccccc4)CC3)ccc21. The molecule has 33 heavy (non-hydrogen) atoms. The van der Waals surface area contributed by atoms with Crippen molar-refractivity contribution < 1.29 is 13.2 Å². The molecule has 0 aliphatic carbocycles. The van der Waals surface area contributed by atoms with E-state index in [4.69, 9.17) is 0 Å². The predicted molar refractivity (Wildman–Crippen MR) is 129 cm³/mol. The zero-order chi connectivity index (χ0) is 23.0. The van der Waals surface area contributed by atoms with Gasteiger partial charge in [0.2, 0.25) is 15.9 Å². The first-order valence-electron chi connectivity index (χ1n) is 11.2. The van der Waals surface area contributed by atoms with Crippen molar-refractivity contribution in [1.29, 1.82) is 0 Å². The maximum absolute atomic E-state index is 13.4. The Labute approximate surface area is 195 Å². The van der Waals surface area contributed by atoms with E-state index < -0.39 is 10.0 Å². The lowest BCUT2D eigenvalue weighted by Gasteiger charge is -2.39. The lowest BCUT2D eigenvalue weighted by molar-refractivity contribution is -0.117. The predicted octanol–water partition coefficient (Wildman–Crippen LogP) is 3.30. The third kappa shape index (κ3) is 4.08. The van der Waals surface area contributed by atoms with Gasteiger partial charge in [0.15, 0.2) is 0 Å². The number of nitrogens with zero attached hydrogens (tertiary/aromatic N) is 3. The first-order chi connectivity index (χ1) is 15.9. The van der Waals surface area contributed by atoms with Gasteiger partial charge in [-0.25, -0.2) is 8.42 Å². The molecule has 0 bridgehead atoms. The molecule has 0 spiro atoms. The Kier molecular flexibility index (Phi) is 5.78. The van der Waals surface area contributed by atoms with Gasteiger partial charge in [0, 0.05) is 38.9 Å². The van der Waals surface area contributed by atoms with E-state index in [0.717, 1.165) is 11.3 Å². The first kappa shape index (κ1) is 21.8. The fourth-order valence-electron chi connectivity index (χ4n) is 4.84. The number of fused-ring (bicyclic) bond motifs is 1. The van der Waals surface area contributed by atoms with E-state index in [-0.39, 0.29) is 23.3 Å². The summed E-state index contributed by atoms with van der Waals surface area (Å²) in [4.78, 5) is 16.2. The summed E-state index contributed by atoms with van der Waals surface area (Å²) < 4.78 is 28.3. The summed E-state index contributed by atoms with van der Waals surface area (Å²) in [7, 11) is -1.90. The summed E-state index contributed by atoms with van der Waals surface area (Å²) in [5.41, 5.74) is 3.97. The highest BCUT2D eigenvalue weighted by Gasteiger charge is 2.33. The molecule has 0 unspecified atom stereocenters.